The van der Waals surface area contributed by atoms with Gasteiger partial charge in [-0.25, -0.2) is 0 Å². The zero-order chi connectivity index (χ0) is 17.3. The predicted octanol–water partition coefficient (Wildman–Crippen LogP) is 3.65. The molecule has 128 valence electrons. The number of carboxylic acid groups (broad SMARTS) is 1. The number of anilines is 1. The van der Waals surface area contributed by atoms with Crippen LogP contribution in [0.4, 0.5) is 5.69 Å². The summed E-state index contributed by atoms with van der Waals surface area (Å²) < 4.78 is 0.934. The summed E-state index contributed by atoms with van der Waals surface area (Å²) in [5.74, 6) is -0.864. The van der Waals surface area contributed by atoms with Crippen molar-refractivity contribution in [2.24, 2.45) is 0 Å². The first-order valence-electron chi connectivity index (χ1n) is 8.19. The van der Waals surface area contributed by atoms with Crippen molar-refractivity contribution in [1.29, 1.82) is 0 Å². The number of halogens is 1. The topological polar surface area (TPSA) is 82.5 Å². The van der Waals surface area contributed by atoms with Crippen molar-refractivity contribution in [3.63, 3.8) is 0 Å². The second kappa shape index (κ2) is 7.07. The Balaban J connectivity index is 2.06. The molecule has 0 radical (unpaired) electrons. The Bertz CT molecular complexity index is 770. The van der Waals surface area contributed by atoms with Gasteiger partial charge in [-0.1, -0.05) is 15.9 Å². The molecule has 5 nitrogen and oxygen atoms in total. The van der Waals surface area contributed by atoms with Gasteiger partial charge in [0.15, 0.2) is 0 Å². The van der Waals surface area contributed by atoms with Crippen LogP contribution in [0.3, 0.4) is 0 Å². The van der Waals surface area contributed by atoms with Gasteiger partial charge in [0.2, 0.25) is 0 Å². The molecule has 1 fully saturated rings. The number of rotatable bonds is 4. The Morgan fingerprint density at radius 3 is 2.71 bits per heavy atom. The second-order valence-corrected chi connectivity index (χ2v) is 7.35. The van der Waals surface area contributed by atoms with Crippen molar-refractivity contribution >= 4 is 38.5 Å². The standard InChI is InChI=1S/C18H21BrN2O3/c1-10-14(9-17(23)24)18(21-12-3-5-13(22)6-4-12)15-8-11(19)2-7-16(15)20-10/h2,7-8,12-13,22H,3-6,9H2,1H3,(H,20,21)(H,23,24). The van der Waals surface area contributed by atoms with E-state index in [0.29, 0.717) is 0 Å². The number of benzene rings is 1. The first-order chi connectivity index (χ1) is 11.4. The number of aryl methyl sites for hydroxylation is 1. The number of aliphatic hydroxyl groups is 1. The molecule has 2 aromatic rings. The summed E-state index contributed by atoms with van der Waals surface area (Å²) in [6.07, 6.45) is 3.04. The quantitative estimate of drug-likeness (QED) is 0.739. The highest BCUT2D eigenvalue weighted by Gasteiger charge is 2.22. The maximum absolute atomic E-state index is 11.3. The Hall–Kier alpha value is -1.66. The largest absolute Gasteiger partial charge is 0.481 e. The van der Waals surface area contributed by atoms with Gasteiger partial charge in [-0.05, 0) is 50.8 Å². The minimum absolute atomic E-state index is 0.0566. The van der Waals surface area contributed by atoms with E-state index in [9.17, 15) is 15.0 Å². The Morgan fingerprint density at radius 1 is 1.33 bits per heavy atom. The fourth-order valence-corrected chi connectivity index (χ4v) is 3.72. The number of carboxylic acids is 1. The van der Waals surface area contributed by atoms with Crippen molar-refractivity contribution in [2.45, 2.75) is 51.2 Å². The molecule has 1 aliphatic rings. The number of carbonyl (C=O) groups is 1. The third-order valence-electron chi connectivity index (χ3n) is 4.63. The average Bonchev–Trinajstić information content (AvgIpc) is 2.53. The number of fused-ring (bicyclic) bond motifs is 1. The smallest absolute Gasteiger partial charge is 0.307 e. The Kier molecular flexibility index (Phi) is 5.06. The normalized spacial score (nSPS) is 21.0. The summed E-state index contributed by atoms with van der Waals surface area (Å²) in [6, 6.07) is 6.09. The molecule has 0 amide bonds. The highest BCUT2D eigenvalue weighted by atomic mass is 79.9. The maximum atomic E-state index is 11.3. The van der Waals surface area contributed by atoms with Crippen LogP contribution in [0.1, 0.15) is 36.9 Å². The molecule has 0 saturated heterocycles. The molecule has 3 rings (SSSR count). The third kappa shape index (κ3) is 3.70. The number of aromatic nitrogens is 1. The molecule has 1 heterocycles. The highest BCUT2D eigenvalue weighted by molar-refractivity contribution is 9.10. The maximum Gasteiger partial charge on any atom is 0.307 e. The van der Waals surface area contributed by atoms with Gasteiger partial charge in [0.05, 0.1) is 18.0 Å². The SMILES string of the molecule is Cc1nc2ccc(Br)cc2c(NC2CCC(O)CC2)c1CC(=O)O. The van der Waals surface area contributed by atoms with Crippen LogP contribution >= 0.6 is 15.9 Å². The van der Waals surface area contributed by atoms with E-state index in [1.54, 1.807) is 0 Å². The minimum Gasteiger partial charge on any atom is -0.481 e. The third-order valence-corrected chi connectivity index (χ3v) is 5.12. The minimum atomic E-state index is -0.864. The van der Waals surface area contributed by atoms with E-state index in [4.69, 9.17) is 0 Å². The molecule has 0 bridgehead atoms. The van der Waals surface area contributed by atoms with Crippen molar-refractivity contribution in [3.05, 3.63) is 33.9 Å². The van der Waals surface area contributed by atoms with Gasteiger partial charge in [-0.3, -0.25) is 9.78 Å². The first-order valence-corrected chi connectivity index (χ1v) is 8.98. The molecule has 6 heteroatoms. The van der Waals surface area contributed by atoms with Gasteiger partial charge >= 0.3 is 5.97 Å². The molecular formula is C18H21BrN2O3. The van der Waals surface area contributed by atoms with Gasteiger partial charge in [0.1, 0.15) is 0 Å². The summed E-state index contributed by atoms with van der Waals surface area (Å²) in [5, 5.41) is 23.5. The molecule has 0 atom stereocenters. The molecule has 1 saturated carbocycles. The van der Waals surface area contributed by atoms with Crippen LogP contribution in [-0.2, 0) is 11.2 Å². The van der Waals surface area contributed by atoms with Crippen molar-refractivity contribution < 1.29 is 15.0 Å². The fraction of sp³-hybridized carbons (Fsp3) is 0.444. The molecular weight excluding hydrogens is 372 g/mol. The van der Waals surface area contributed by atoms with Crippen LogP contribution in [0.5, 0.6) is 0 Å². The van der Waals surface area contributed by atoms with Crippen LogP contribution in [-0.4, -0.2) is 33.3 Å². The van der Waals surface area contributed by atoms with Crippen LogP contribution in [0.25, 0.3) is 10.9 Å². The summed E-state index contributed by atoms with van der Waals surface area (Å²) in [6.45, 7) is 1.86. The van der Waals surface area contributed by atoms with Gasteiger partial charge in [-0.2, -0.15) is 0 Å². The van der Waals surface area contributed by atoms with Crippen LogP contribution in [0.15, 0.2) is 22.7 Å². The van der Waals surface area contributed by atoms with E-state index < -0.39 is 5.97 Å². The number of aliphatic carboxylic acids is 1. The lowest BCUT2D eigenvalue weighted by atomic mass is 9.92. The van der Waals surface area contributed by atoms with E-state index in [-0.39, 0.29) is 18.6 Å². The number of hydrogen-bond donors (Lipinski definition) is 3. The Labute approximate surface area is 149 Å². The van der Waals surface area contributed by atoms with E-state index in [1.807, 2.05) is 25.1 Å². The van der Waals surface area contributed by atoms with Crippen molar-refractivity contribution in [1.82, 2.24) is 4.98 Å². The molecule has 0 spiro atoms. The molecule has 0 aliphatic heterocycles. The molecule has 1 aromatic heterocycles. The zero-order valence-electron chi connectivity index (χ0n) is 13.6. The summed E-state index contributed by atoms with van der Waals surface area (Å²) in [4.78, 5) is 15.9. The lowest BCUT2D eigenvalue weighted by molar-refractivity contribution is -0.136. The van der Waals surface area contributed by atoms with Gasteiger partial charge in [0, 0.05) is 32.8 Å². The number of pyridine rings is 1. The van der Waals surface area contributed by atoms with Crippen LogP contribution in [0, 0.1) is 6.92 Å². The predicted molar refractivity (Wildman–Crippen MR) is 97.4 cm³/mol. The summed E-state index contributed by atoms with van der Waals surface area (Å²) >= 11 is 3.49. The molecule has 0 unspecified atom stereocenters. The summed E-state index contributed by atoms with van der Waals surface area (Å²) in [7, 11) is 0. The highest BCUT2D eigenvalue weighted by Crippen LogP contribution is 2.33. The van der Waals surface area contributed by atoms with E-state index in [1.165, 1.54) is 0 Å². The summed E-state index contributed by atoms with van der Waals surface area (Å²) in [5.41, 5.74) is 3.19. The van der Waals surface area contributed by atoms with Crippen LogP contribution in [0.2, 0.25) is 0 Å². The molecule has 24 heavy (non-hydrogen) atoms. The fourth-order valence-electron chi connectivity index (χ4n) is 3.35. The van der Waals surface area contributed by atoms with Gasteiger partial charge in [0.25, 0.3) is 0 Å². The Morgan fingerprint density at radius 2 is 2.04 bits per heavy atom. The van der Waals surface area contributed by atoms with Gasteiger partial charge < -0.3 is 15.5 Å². The van der Waals surface area contributed by atoms with Crippen LogP contribution < -0.4 is 5.32 Å². The van der Waals surface area contributed by atoms with Crippen molar-refractivity contribution in [2.75, 3.05) is 5.32 Å². The number of nitrogens with zero attached hydrogens (tertiary/aromatic N) is 1. The number of nitrogens with one attached hydrogen (secondary N) is 1. The average molecular weight is 393 g/mol. The lowest BCUT2D eigenvalue weighted by Gasteiger charge is -2.29. The monoisotopic (exact) mass is 392 g/mol. The van der Waals surface area contributed by atoms with Crippen molar-refractivity contribution in [3.8, 4) is 0 Å². The first kappa shape index (κ1) is 17.2. The number of hydrogen-bond acceptors (Lipinski definition) is 4. The molecule has 1 aliphatic carbocycles. The number of aliphatic hydroxyl groups excluding tert-OH is 1. The molecule has 3 N–H and O–H groups in total. The van der Waals surface area contributed by atoms with E-state index >= 15 is 0 Å². The van der Waals surface area contributed by atoms with E-state index in [2.05, 4.69) is 26.2 Å². The van der Waals surface area contributed by atoms with E-state index in [0.717, 1.165) is 58.0 Å². The van der Waals surface area contributed by atoms with Gasteiger partial charge in [-0.15, -0.1) is 0 Å². The molecule has 1 aromatic carbocycles. The zero-order valence-corrected chi connectivity index (χ0v) is 15.1. The second-order valence-electron chi connectivity index (χ2n) is 6.43. The lowest BCUT2D eigenvalue weighted by Crippen LogP contribution is -2.29.